The Labute approximate surface area is 146 Å². The van der Waals surface area contributed by atoms with E-state index < -0.39 is 6.10 Å². The third-order valence-corrected chi connectivity index (χ3v) is 4.51. The summed E-state index contributed by atoms with van der Waals surface area (Å²) in [6.45, 7) is 5.58. The lowest BCUT2D eigenvalue weighted by Crippen LogP contribution is -2.47. The van der Waals surface area contributed by atoms with Gasteiger partial charge in [-0.3, -0.25) is 20.4 Å². The van der Waals surface area contributed by atoms with Crippen LogP contribution in [-0.4, -0.2) is 17.9 Å². The summed E-state index contributed by atoms with van der Waals surface area (Å²) >= 11 is 1.60. The topological polar surface area (TPSA) is 67.4 Å². The number of hydrazine groups is 1. The minimum absolute atomic E-state index is 0.228. The van der Waals surface area contributed by atoms with E-state index in [1.54, 1.807) is 18.3 Å². The van der Waals surface area contributed by atoms with Crippen LogP contribution in [0.25, 0.3) is 0 Å². The van der Waals surface area contributed by atoms with Gasteiger partial charge in [0.15, 0.2) is 6.10 Å². The Morgan fingerprint density at radius 3 is 2.71 bits per heavy atom. The van der Waals surface area contributed by atoms with Gasteiger partial charge in [-0.15, -0.1) is 0 Å². The van der Waals surface area contributed by atoms with Crippen molar-refractivity contribution in [1.82, 2.24) is 10.9 Å². The van der Waals surface area contributed by atoms with Crippen LogP contribution in [0.15, 0.2) is 35.0 Å². The molecule has 128 valence electrons. The molecule has 0 spiro atoms. The van der Waals surface area contributed by atoms with Gasteiger partial charge in [0.1, 0.15) is 5.75 Å². The fourth-order valence-electron chi connectivity index (χ4n) is 2.08. The zero-order valence-corrected chi connectivity index (χ0v) is 14.9. The molecule has 6 heteroatoms. The van der Waals surface area contributed by atoms with Gasteiger partial charge in [0.2, 0.25) is 5.91 Å². The summed E-state index contributed by atoms with van der Waals surface area (Å²) in [5.41, 5.74) is 8.04. The van der Waals surface area contributed by atoms with E-state index in [2.05, 4.69) is 10.9 Å². The maximum absolute atomic E-state index is 12.0. The quantitative estimate of drug-likeness (QED) is 0.790. The van der Waals surface area contributed by atoms with Gasteiger partial charge in [-0.1, -0.05) is 12.1 Å². The monoisotopic (exact) mass is 346 g/mol. The summed E-state index contributed by atoms with van der Waals surface area (Å²) in [7, 11) is 0. The van der Waals surface area contributed by atoms with E-state index in [9.17, 15) is 9.59 Å². The van der Waals surface area contributed by atoms with Crippen LogP contribution in [0.5, 0.6) is 5.75 Å². The molecule has 0 saturated heterocycles. The zero-order valence-electron chi connectivity index (χ0n) is 14.1. The molecule has 2 aromatic rings. The van der Waals surface area contributed by atoms with Gasteiger partial charge in [0.25, 0.3) is 5.91 Å². The fourth-order valence-corrected chi connectivity index (χ4v) is 2.79. The molecule has 1 aromatic heterocycles. The van der Waals surface area contributed by atoms with Crippen molar-refractivity contribution in [2.75, 3.05) is 0 Å². The van der Waals surface area contributed by atoms with Crippen molar-refractivity contribution in [3.8, 4) is 5.75 Å². The van der Waals surface area contributed by atoms with Crippen LogP contribution < -0.4 is 15.6 Å². The third-order valence-electron chi connectivity index (χ3n) is 3.77. The molecule has 1 atom stereocenters. The predicted molar refractivity (Wildman–Crippen MR) is 94.9 cm³/mol. The predicted octanol–water partition coefficient (Wildman–Crippen LogP) is 2.91. The molecule has 5 nitrogen and oxygen atoms in total. The molecule has 2 amide bonds. The number of benzene rings is 1. The number of hydrogen-bond acceptors (Lipinski definition) is 4. The van der Waals surface area contributed by atoms with Crippen LogP contribution in [0.1, 0.15) is 30.0 Å². The van der Waals surface area contributed by atoms with Crippen molar-refractivity contribution in [2.45, 2.75) is 39.7 Å². The van der Waals surface area contributed by atoms with E-state index >= 15 is 0 Å². The molecule has 1 heterocycles. The van der Waals surface area contributed by atoms with Gasteiger partial charge in [-0.05, 0) is 66.8 Å². The lowest BCUT2D eigenvalue weighted by molar-refractivity contribution is -0.132. The molecule has 1 aromatic carbocycles. The molecule has 0 aliphatic heterocycles. The Kier molecular flexibility index (Phi) is 6.37. The van der Waals surface area contributed by atoms with Crippen molar-refractivity contribution in [2.24, 2.45) is 0 Å². The normalized spacial score (nSPS) is 11.6. The van der Waals surface area contributed by atoms with Gasteiger partial charge in [0.05, 0.1) is 0 Å². The summed E-state index contributed by atoms with van der Waals surface area (Å²) in [5.74, 6) is 0.0507. The van der Waals surface area contributed by atoms with E-state index in [4.69, 9.17) is 4.74 Å². The molecule has 0 bridgehead atoms. The second kappa shape index (κ2) is 8.49. The number of nitrogens with one attached hydrogen (secondary N) is 2. The van der Waals surface area contributed by atoms with Gasteiger partial charge in [0, 0.05) is 6.42 Å². The number of thiophene rings is 1. The van der Waals surface area contributed by atoms with Gasteiger partial charge >= 0.3 is 0 Å². The zero-order chi connectivity index (χ0) is 17.5. The minimum Gasteiger partial charge on any atom is -0.481 e. The van der Waals surface area contributed by atoms with Gasteiger partial charge in [-0.2, -0.15) is 11.3 Å². The number of amides is 2. The first kappa shape index (κ1) is 18.0. The van der Waals surface area contributed by atoms with Gasteiger partial charge in [-0.25, -0.2) is 0 Å². The SMILES string of the molecule is Cc1cccc(OC(C)C(=O)NNC(=O)CCc2ccsc2)c1C. The highest BCUT2D eigenvalue weighted by molar-refractivity contribution is 7.07. The molecule has 2 N–H and O–H groups in total. The first-order valence-corrected chi connectivity index (χ1v) is 8.74. The number of ether oxygens (including phenoxy) is 1. The second-order valence-corrected chi connectivity index (χ2v) is 6.41. The summed E-state index contributed by atoms with van der Waals surface area (Å²) < 4.78 is 5.68. The maximum Gasteiger partial charge on any atom is 0.279 e. The molecule has 1 unspecified atom stereocenters. The molecule has 0 fully saturated rings. The van der Waals surface area contributed by atoms with Crippen molar-refractivity contribution < 1.29 is 14.3 Å². The number of carbonyl (C=O) groups excluding carboxylic acids is 2. The van der Waals surface area contributed by atoms with Crippen molar-refractivity contribution in [3.05, 3.63) is 51.7 Å². The van der Waals surface area contributed by atoms with Crippen molar-refractivity contribution in [1.29, 1.82) is 0 Å². The van der Waals surface area contributed by atoms with E-state index in [1.165, 1.54) is 0 Å². The highest BCUT2D eigenvalue weighted by atomic mass is 32.1. The van der Waals surface area contributed by atoms with Crippen LogP contribution in [0, 0.1) is 13.8 Å². The van der Waals surface area contributed by atoms with E-state index in [0.29, 0.717) is 18.6 Å². The Morgan fingerprint density at radius 2 is 2.00 bits per heavy atom. The molecular formula is C18H22N2O3S. The number of hydrogen-bond donors (Lipinski definition) is 2. The first-order valence-electron chi connectivity index (χ1n) is 7.80. The van der Waals surface area contributed by atoms with Crippen LogP contribution >= 0.6 is 11.3 Å². The number of aryl methyl sites for hydroxylation is 2. The van der Waals surface area contributed by atoms with Crippen LogP contribution in [-0.2, 0) is 16.0 Å². The number of rotatable bonds is 6. The first-order chi connectivity index (χ1) is 11.5. The standard InChI is InChI=1S/C18H22N2O3S/c1-12-5-4-6-16(13(12)2)23-14(3)18(22)20-19-17(21)8-7-15-9-10-24-11-15/h4-6,9-11,14H,7-8H2,1-3H3,(H,19,21)(H,20,22). The smallest absolute Gasteiger partial charge is 0.279 e. The van der Waals surface area contributed by atoms with E-state index in [-0.39, 0.29) is 11.8 Å². The highest BCUT2D eigenvalue weighted by Crippen LogP contribution is 2.21. The Balaban J connectivity index is 1.77. The van der Waals surface area contributed by atoms with Crippen LogP contribution in [0.2, 0.25) is 0 Å². The molecule has 0 saturated carbocycles. The molecule has 24 heavy (non-hydrogen) atoms. The molecule has 0 aliphatic rings. The second-order valence-electron chi connectivity index (χ2n) is 5.63. The Bertz CT molecular complexity index is 698. The largest absolute Gasteiger partial charge is 0.481 e. The van der Waals surface area contributed by atoms with Crippen molar-refractivity contribution in [3.63, 3.8) is 0 Å². The maximum atomic E-state index is 12.0. The molecule has 2 rings (SSSR count). The van der Waals surface area contributed by atoms with Gasteiger partial charge < -0.3 is 4.74 Å². The molecular weight excluding hydrogens is 324 g/mol. The Hall–Kier alpha value is -2.34. The summed E-state index contributed by atoms with van der Waals surface area (Å²) in [5, 5.41) is 3.98. The molecule has 0 aliphatic carbocycles. The molecule has 0 radical (unpaired) electrons. The lowest BCUT2D eigenvalue weighted by atomic mass is 10.1. The Morgan fingerprint density at radius 1 is 1.21 bits per heavy atom. The van der Waals surface area contributed by atoms with Crippen LogP contribution in [0.3, 0.4) is 0 Å². The summed E-state index contributed by atoms with van der Waals surface area (Å²) in [4.78, 5) is 23.8. The summed E-state index contributed by atoms with van der Waals surface area (Å²) in [6.07, 6.45) is 0.269. The van der Waals surface area contributed by atoms with E-state index in [1.807, 2.05) is 48.9 Å². The minimum atomic E-state index is -0.706. The highest BCUT2D eigenvalue weighted by Gasteiger charge is 2.16. The fraction of sp³-hybridized carbons (Fsp3) is 0.333. The van der Waals surface area contributed by atoms with Crippen molar-refractivity contribution >= 4 is 23.2 Å². The average Bonchev–Trinajstić information content (AvgIpc) is 3.08. The number of carbonyl (C=O) groups is 2. The average molecular weight is 346 g/mol. The lowest BCUT2D eigenvalue weighted by Gasteiger charge is -2.17. The third kappa shape index (κ3) is 5.09. The summed E-state index contributed by atoms with van der Waals surface area (Å²) in [6, 6.07) is 7.68. The van der Waals surface area contributed by atoms with Crippen LogP contribution in [0.4, 0.5) is 0 Å². The van der Waals surface area contributed by atoms with E-state index in [0.717, 1.165) is 16.7 Å².